The fourth-order valence-electron chi connectivity index (χ4n) is 1.56. The molecule has 0 unspecified atom stereocenters. The molecule has 1 aromatic rings. The van der Waals surface area contributed by atoms with Gasteiger partial charge in [-0.05, 0) is 18.3 Å². The van der Waals surface area contributed by atoms with Crippen molar-refractivity contribution in [3.05, 3.63) is 0 Å². The first-order valence-corrected chi connectivity index (χ1v) is 6.12. The highest BCUT2D eigenvalue weighted by Gasteiger charge is 2.18. The number of anilines is 2. The first-order valence-electron chi connectivity index (χ1n) is 6.12. The molecule has 19 heavy (non-hydrogen) atoms. The van der Waals surface area contributed by atoms with E-state index >= 15 is 0 Å². The predicted molar refractivity (Wildman–Crippen MR) is 72.8 cm³/mol. The zero-order valence-corrected chi connectivity index (χ0v) is 11.6. The first-order chi connectivity index (χ1) is 9.00. The van der Waals surface area contributed by atoms with E-state index < -0.39 is 0 Å². The molecule has 0 aliphatic heterocycles. The number of aliphatic hydroxyl groups is 1. The molecule has 1 rings (SSSR count). The maximum absolute atomic E-state index is 8.86. The molecule has 108 valence electrons. The molecule has 0 fully saturated rings. The molecule has 0 bridgehead atoms. The SMILES string of the molecule is COc1nc(NN)nc(NCC(C)(C)CCCO)n1. The van der Waals surface area contributed by atoms with Crippen LogP contribution in [0.2, 0.25) is 0 Å². The molecule has 8 nitrogen and oxygen atoms in total. The molecule has 8 heteroatoms. The van der Waals surface area contributed by atoms with Gasteiger partial charge in [0.05, 0.1) is 7.11 Å². The van der Waals surface area contributed by atoms with Gasteiger partial charge < -0.3 is 15.2 Å². The number of ether oxygens (including phenoxy) is 1. The third kappa shape index (κ3) is 5.23. The predicted octanol–water partition coefficient (Wildman–Crippen LogP) is 0.376. The minimum absolute atomic E-state index is 0.0267. The van der Waals surface area contributed by atoms with Gasteiger partial charge in [0.15, 0.2) is 0 Å². The minimum Gasteiger partial charge on any atom is -0.467 e. The highest BCUT2D eigenvalue weighted by atomic mass is 16.5. The van der Waals surface area contributed by atoms with E-state index in [9.17, 15) is 0 Å². The van der Waals surface area contributed by atoms with Crippen molar-refractivity contribution in [3.63, 3.8) is 0 Å². The third-order valence-corrected chi connectivity index (χ3v) is 2.66. The van der Waals surface area contributed by atoms with E-state index in [4.69, 9.17) is 15.7 Å². The van der Waals surface area contributed by atoms with E-state index in [1.807, 2.05) is 0 Å². The molecule has 0 spiro atoms. The average molecular weight is 270 g/mol. The fraction of sp³-hybridized carbons (Fsp3) is 0.727. The first kappa shape index (κ1) is 15.4. The van der Waals surface area contributed by atoms with Gasteiger partial charge in [0.1, 0.15) is 0 Å². The minimum atomic E-state index is 0.0267. The largest absolute Gasteiger partial charge is 0.467 e. The number of hydrogen-bond donors (Lipinski definition) is 4. The van der Waals surface area contributed by atoms with Crippen LogP contribution in [-0.4, -0.2) is 40.3 Å². The summed E-state index contributed by atoms with van der Waals surface area (Å²) in [5, 5.41) is 12.0. The maximum Gasteiger partial charge on any atom is 0.322 e. The second-order valence-corrected chi connectivity index (χ2v) is 4.96. The zero-order valence-electron chi connectivity index (χ0n) is 11.6. The van der Waals surface area contributed by atoms with Gasteiger partial charge in [0.2, 0.25) is 11.9 Å². The molecule has 5 N–H and O–H groups in total. The van der Waals surface area contributed by atoms with Gasteiger partial charge in [0.25, 0.3) is 0 Å². The highest BCUT2D eigenvalue weighted by Crippen LogP contribution is 2.22. The summed E-state index contributed by atoms with van der Waals surface area (Å²) < 4.78 is 4.96. The third-order valence-electron chi connectivity index (χ3n) is 2.66. The molecular formula is C11H22N6O2. The van der Waals surface area contributed by atoms with E-state index in [2.05, 4.69) is 39.5 Å². The average Bonchev–Trinajstić information content (AvgIpc) is 2.42. The molecule has 1 heterocycles. The molecule has 0 aliphatic carbocycles. The summed E-state index contributed by atoms with van der Waals surface area (Å²) in [5.74, 6) is 5.91. The van der Waals surface area contributed by atoms with Crippen LogP contribution in [0.5, 0.6) is 6.01 Å². The maximum atomic E-state index is 8.86. The van der Waals surface area contributed by atoms with Crippen molar-refractivity contribution in [1.29, 1.82) is 0 Å². The van der Waals surface area contributed by atoms with E-state index in [0.717, 1.165) is 12.8 Å². The Bertz CT molecular complexity index is 377. The van der Waals surface area contributed by atoms with Crippen LogP contribution in [0.3, 0.4) is 0 Å². The lowest BCUT2D eigenvalue weighted by Gasteiger charge is -2.24. The summed E-state index contributed by atoms with van der Waals surface area (Å²) in [6, 6.07) is 0.193. The molecule has 0 radical (unpaired) electrons. The van der Waals surface area contributed by atoms with Gasteiger partial charge in [-0.2, -0.15) is 15.0 Å². The van der Waals surface area contributed by atoms with Crippen LogP contribution in [-0.2, 0) is 0 Å². The quantitative estimate of drug-likeness (QED) is 0.395. The van der Waals surface area contributed by atoms with Crippen LogP contribution >= 0.6 is 0 Å². The molecular weight excluding hydrogens is 248 g/mol. The van der Waals surface area contributed by atoms with Gasteiger partial charge in [0, 0.05) is 13.2 Å². The Hall–Kier alpha value is -1.67. The number of nitrogens with two attached hydrogens (primary N) is 1. The lowest BCUT2D eigenvalue weighted by molar-refractivity contribution is 0.247. The molecule has 0 aliphatic rings. The number of methoxy groups -OCH3 is 1. The van der Waals surface area contributed by atoms with Crippen molar-refractivity contribution < 1.29 is 9.84 Å². The monoisotopic (exact) mass is 270 g/mol. The summed E-state index contributed by atoms with van der Waals surface area (Å²) in [4.78, 5) is 12.1. The topological polar surface area (TPSA) is 118 Å². The summed E-state index contributed by atoms with van der Waals surface area (Å²) in [5.41, 5.74) is 2.38. The smallest absolute Gasteiger partial charge is 0.322 e. The molecule has 0 amide bonds. The van der Waals surface area contributed by atoms with Gasteiger partial charge in [-0.25, -0.2) is 5.84 Å². The number of nitrogens with one attached hydrogen (secondary N) is 2. The molecule has 0 atom stereocenters. The summed E-state index contributed by atoms with van der Waals surface area (Å²) in [6.45, 7) is 5.08. The number of aliphatic hydroxyl groups excluding tert-OH is 1. The summed E-state index contributed by atoms with van der Waals surface area (Å²) >= 11 is 0. The van der Waals surface area contributed by atoms with E-state index in [0.29, 0.717) is 12.5 Å². The van der Waals surface area contributed by atoms with Crippen LogP contribution in [0.15, 0.2) is 0 Å². The van der Waals surface area contributed by atoms with Crippen molar-refractivity contribution in [2.24, 2.45) is 11.3 Å². The Morgan fingerprint density at radius 2 is 1.95 bits per heavy atom. The molecule has 1 aromatic heterocycles. The highest BCUT2D eigenvalue weighted by molar-refractivity contribution is 5.35. The lowest BCUT2D eigenvalue weighted by atomic mass is 9.88. The van der Waals surface area contributed by atoms with Crippen LogP contribution in [0, 0.1) is 5.41 Å². The normalized spacial score (nSPS) is 11.2. The van der Waals surface area contributed by atoms with Gasteiger partial charge in [-0.1, -0.05) is 13.8 Å². The van der Waals surface area contributed by atoms with Crippen molar-refractivity contribution in [2.45, 2.75) is 26.7 Å². The van der Waals surface area contributed by atoms with Gasteiger partial charge in [-0.15, -0.1) is 0 Å². The summed E-state index contributed by atoms with van der Waals surface area (Å²) in [6.07, 6.45) is 1.67. The molecule has 0 saturated heterocycles. The van der Waals surface area contributed by atoms with Gasteiger partial charge >= 0.3 is 6.01 Å². The Morgan fingerprint density at radius 1 is 1.26 bits per heavy atom. The van der Waals surface area contributed by atoms with Crippen molar-refractivity contribution >= 4 is 11.9 Å². The molecule has 0 aromatic carbocycles. The second kappa shape index (κ2) is 7.05. The van der Waals surface area contributed by atoms with Gasteiger partial charge in [-0.3, -0.25) is 5.43 Å². The van der Waals surface area contributed by atoms with Crippen molar-refractivity contribution in [2.75, 3.05) is 31.0 Å². The van der Waals surface area contributed by atoms with E-state index in [1.54, 1.807) is 0 Å². The van der Waals surface area contributed by atoms with Crippen LogP contribution < -0.4 is 21.3 Å². The van der Waals surface area contributed by atoms with Crippen molar-refractivity contribution in [3.8, 4) is 6.01 Å². The summed E-state index contributed by atoms with van der Waals surface area (Å²) in [7, 11) is 1.48. The number of nitrogen functional groups attached to an aromatic ring is 1. The number of hydrazine groups is 1. The van der Waals surface area contributed by atoms with Crippen LogP contribution in [0.4, 0.5) is 11.9 Å². The second-order valence-electron chi connectivity index (χ2n) is 4.96. The Balaban J connectivity index is 2.66. The van der Waals surface area contributed by atoms with Crippen molar-refractivity contribution in [1.82, 2.24) is 15.0 Å². The fourth-order valence-corrected chi connectivity index (χ4v) is 1.56. The number of aromatic nitrogens is 3. The number of rotatable bonds is 8. The lowest BCUT2D eigenvalue weighted by Crippen LogP contribution is -2.25. The van der Waals surface area contributed by atoms with Crippen LogP contribution in [0.1, 0.15) is 26.7 Å². The standard InChI is InChI=1S/C11H22N6O2/c1-11(2,5-4-6-18)7-13-8-14-9(17-12)16-10(15-8)19-3/h18H,4-7,12H2,1-3H3,(H2,13,14,15,16,17). The Kier molecular flexibility index (Phi) is 5.71. The number of nitrogens with zero attached hydrogens (tertiary/aromatic N) is 3. The van der Waals surface area contributed by atoms with E-state index in [1.165, 1.54) is 7.11 Å². The van der Waals surface area contributed by atoms with E-state index in [-0.39, 0.29) is 24.0 Å². The van der Waals surface area contributed by atoms with Crippen LogP contribution in [0.25, 0.3) is 0 Å². The Morgan fingerprint density at radius 3 is 2.53 bits per heavy atom. The Labute approximate surface area is 112 Å². The number of hydrogen-bond acceptors (Lipinski definition) is 8. The molecule has 0 saturated carbocycles. The zero-order chi connectivity index (χ0) is 14.3.